The van der Waals surface area contributed by atoms with E-state index in [1.165, 1.54) is 32.1 Å². The molecule has 0 amide bonds. The molecule has 0 radical (unpaired) electrons. The number of anilines is 2. The summed E-state index contributed by atoms with van der Waals surface area (Å²) >= 11 is 0. The van der Waals surface area contributed by atoms with E-state index in [9.17, 15) is 10.1 Å². The average Bonchev–Trinajstić information content (AvgIpc) is 2.37. The highest BCUT2D eigenvalue weighted by Crippen LogP contribution is 2.26. The van der Waals surface area contributed by atoms with Gasteiger partial charge in [0.25, 0.3) is 0 Å². The van der Waals surface area contributed by atoms with Crippen LogP contribution in [0.15, 0.2) is 6.20 Å². The fourth-order valence-corrected chi connectivity index (χ4v) is 2.29. The predicted octanol–water partition coefficient (Wildman–Crippen LogP) is 1.96. The zero-order valence-corrected chi connectivity index (χ0v) is 10.1. The molecular formula is C11H17N5O2. The summed E-state index contributed by atoms with van der Waals surface area (Å²) < 4.78 is 0. The van der Waals surface area contributed by atoms with Gasteiger partial charge in [-0.25, -0.2) is 4.98 Å². The average molecular weight is 251 g/mol. The predicted molar refractivity (Wildman–Crippen MR) is 68.2 cm³/mol. The van der Waals surface area contributed by atoms with E-state index >= 15 is 0 Å². The molecule has 0 unspecified atom stereocenters. The first-order valence-electron chi connectivity index (χ1n) is 6.17. The summed E-state index contributed by atoms with van der Waals surface area (Å²) in [4.78, 5) is 17.9. The molecule has 2 rings (SSSR count). The molecule has 98 valence electrons. The highest BCUT2D eigenvalue weighted by atomic mass is 16.6. The molecule has 0 bridgehead atoms. The third kappa shape index (κ3) is 3.06. The van der Waals surface area contributed by atoms with E-state index in [0.29, 0.717) is 12.5 Å². The van der Waals surface area contributed by atoms with Gasteiger partial charge >= 0.3 is 5.69 Å². The van der Waals surface area contributed by atoms with Crippen LogP contribution >= 0.6 is 0 Å². The Morgan fingerprint density at radius 1 is 1.44 bits per heavy atom. The van der Waals surface area contributed by atoms with E-state index in [2.05, 4.69) is 15.3 Å². The lowest BCUT2D eigenvalue weighted by Crippen LogP contribution is -2.18. The topological polar surface area (TPSA) is 107 Å². The van der Waals surface area contributed by atoms with Crippen molar-refractivity contribution >= 4 is 17.5 Å². The van der Waals surface area contributed by atoms with Crippen molar-refractivity contribution in [3.8, 4) is 0 Å². The Bertz CT molecular complexity index is 431. The molecule has 1 aliphatic rings. The number of hydrogen-bond acceptors (Lipinski definition) is 6. The van der Waals surface area contributed by atoms with Crippen LogP contribution in [0.3, 0.4) is 0 Å². The monoisotopic (exact) mass is 251 g/mol. The highest BCUT2D eigenvalue weighted by Gasteiger charge is 2.19. The Morgan fingerprint density at radius 3 is 2.83 bits per heavy atom. The number of rotatable bonds is 4. The molecule has 0 aromatic carbocycles. The largest absolute Gasteiger partial charge is 0.368 e. The minimum atomic E-state index is -0.497. The lowest BCUT2D eigenvalue weighted by molar-refractivity contribution is -0.384. The van der Waals surface area contributed by atoms with Crippen molar-refractivity contribution in [3.05, 3.63) is 16.3 Å². The molecule has 1 aliphatic carbocycles. The number of nitrogens with zero attached hydrogens (tertiary/aromatic N) is 3. The summed E-state index contributed by atoms with van der Waals surface area (Å²) in [7, 11) is 0. The third-order valence-corrected chi connectivity index (χ3v) is 3.27. The fourth-order valence-electron chi connectivity index (χ4n) is 2.29. The number of aromatic nitrogens is 2. The molecule has 0 spiro atoms. The van der Waals surface area contributed by atoms with Gasteiger partial charge < -0.3 is 11.1 Å². The molecule has 0 saturated heterocycles. The molecule has 1 heterocycles. The fraction of sp³-hybridized carbons (Fsp3) is 0.636. The van der Waals surface area contributed by atoms with Crippen molar-refractivity contribution in [3.63, 3.8) is 0 Å². The highest BCUT2D eigenvalue weighted by molar-refractivity contribution is 5.56. The first-order chi connectivity index (χ1) is 8.66. The van der Waals surface area contributed by atoms with Gasteiger partial charge in [-0.3, -0.25) is 10.1 Å². The molecule has 18 heavy (non-hydrogen) atoms. The van der Waals surface area contributed by atoms with Crippen molar-refractivity contribution in [1.82, 2.24) is 9.97 Å². The maximum atomic E-state index is 10.8. The Balaban J connectivity index is 2.03. The van der Waals surface area contributed by atoms with Gasteiger partial charge in [0.05, 0.1) is 4.92 Å². The molecule has 7 heteroatoms. The first-order valence-corrected chi connectivity index (χ1v) is 6.17. The van der Waals surface area contributed by atoms with E-state index < -0.39 is 4.92 Å². The van der Waals surface area contributed by atoms with Crippen LogP contribution < -0.4 is 11.1 Å². The number of nitro groups is 1. The Kier molecular flexibility index (Phi) is 3.91. The van der Waals surface area contributed by atoms with Crippen molar-refractivity contribution in [2.24, 2.45) is 5.92 Å². The minimum Gasteiger partial charge on any atom is -0.368 e. The lowest BCUT2D eigenvalue weighted by Gasteiger charge is -2.21. The molecule has 0 aliphatic heterocycles. The summed E-state index contributed by atoms with van der Waals surface area (Å²) in [6.07, 6.45) is 7.24. The minimum absolute atomic E-state index is 0.0479. The molecule has 3 N–H and O–H groups in total. The van der Waals surface area contributed by atoms with Crippen LogP contribution in [0.25, 0.3) is 0 Å². The van der Waals surface area contributed by atoms with Gasteiger partial charge in [0.15, 0.2) is 0 Å². The summed E-state index contributed by atoms with van der Waals surface area (Å²) in [6, 6.07) is 0. The van der Waals surface area contributed by atoms with Crippen molar-refractivity contribution < 1.29 is 4.92 Å². The van der Waals surface area contributed by atoms with Crippen molar-refractivity contribution in [2.75, 3.05) is 17.6 Å². The molecule has 0 atom stereocenters. The number of nitrogens with one attached hydrogen (secondary N) is 1. The molecule has 1 aromatic rings. The van der Waals surface area contributed by atoms with E-state index in [1.54, 1.807) is 0 Å². The second kappa shape index (κ2) is 5.61. The molecule has 1 aromatic heterocycles. The summed E-state index contributed by atoms with van der Waals surface area (Å²) in [6.45, 7) is 0.706. The van der Waals surface area contributed by atoms with Crippen molar-refractivity contribution in [1.29, 1.82) is 0 Å². The zero-order valence-electron chi connectivity index (χ0n) is 10.1. The number of hydrogen-bond donors (Lipinski definition) is 2. The van der Waals surface area contributed by atoms with Gasteiger partial charge in [-0.15, -0.1) is 0 Å². The quantitative estimate of drug-likeness (QED) is 0.625. The van der Waals surface area contributed by atoms with Crippen LogP contribution in [0, 0.1) is 16.0 Å². The van der Waals surface area contributed by atoms with Crippen LogP contribution in [0.2, 0.25) is 0 Å². The van der Waals surface area contributed by atoms with Gasteiger partial charge in [0.2, 0.25) is 11.8 Å². The Labute approximate surface area is 105 Å². The molecule has 1 saturated carbocycles. The van der Waals surface area contributed by atoms with E-state index in [1.807, 2.05) is 0 Å². The van der Waals surface area contributed by atoms with E-state index in [-0.39, 0.29) is 17.5 Å². The van der Waals surface area contributed by atoms with E-state index in [4.69, 9.17) is 5.73 Å². The summed E-state index contributed by atoms with van der Waals surface area (Å²) in [5, 5.41) is 13.9. The second-order valence-corrected chi connectivity index (χ2v) is 4.60. The second-order valence-electron chi connectivity index (χ2n) is 4.60. The zero-order chi connectivity index (χ0) is 13.0. The summed E-state index contributed by atoms with van der Waals surface area (Å²) in [5.74, 6) is 0.833. The van der Waals surface area contributed by atoms with Crippen LogP contribution in [0.5, 0.6) is 0 Å². The smallest absolute Gasteiger partial charge is 0.329 e. The Hall–Kier alpha value is -1.92. The molecule has 7 nitrogen and oxygen atoms in total. The first kappa shape index (κ1) is 12.5. The van der Waals surface area contributed by atoms with Crippen LogP contribution in [0.1, 0.15) is 32.1 Å². The Morgan fingerprint density at radius 2 is 2.17 bits per heavy atom. The third-order valence-electron chi connectivity index (χ3n) is 3.27. The molecular weight excluding hydrogens is 234 g/mol. The standard InChI is InChI=1S/C11H17N5O2/c12-11-14-7-9(16(17)18)10(15-11)13-6-8-4-2-1-3-5-8/h7-8H,1-6H2,(H3,12,13,14,15). The molecule has 1 fully saturated rings. The van der Waals surface area contributed by atoms with Crippen molar-refractivity contribution in [2.45, 2.75) is 32.1 Å². The van der Waals surface area contributed by atoms with Gasteiger partial charge in [-0.2, -0.15) is 4.98 Å². The van der Waals surface area contributed by atoms with Crippen LogP contribution in [-0.4, -0.2) is 21.4 Å². The van der Waals surface area contributed by atoms with Gasteiger partial charge in [0, 0.05) is 6.54 Å². The van der Waals surface area contributed by atoms with Gasteiger partial charge in [-0.1, -0.05) is 19.3 Å². The maximum Gasteiger partial charge on any atom is 0.329 e. The SMILES string of the molecule is Nc1ncc([N+](=O)[O-])c(NCC2CCCCC2)n1. The normalized spacial score (nSPS) is 16.4. The van der Waals surface area contributed by atoms with Gasteiger partial charge in [-0.05, 0) is 18.8 Å². The lowest BCUT2D eigenvalue weighted by atomic mass is 9.89. The van der Waals surface area contributed by atoms with Crippen LogP contribution in [-0.2, 0) is 0 Å². The van der Waals surface area contributed by atoms with Crippen LogP contribution in [0.4, 0.5) is 17.5 Å². The van der Waals surface area contributed by atoms with E-state index in [0.717, 1.165) is 6.20 Å². The number of nitrogen functional groups attached to an aromatic ring is 1. The maximum absolute atomic E-state index is 10.8. The van der Waals surface area contributed by atoms with Gasteiger partial charge in [0.1, 0.15) is 6.20 Å². The summed E-state index contributed by atoms with van der Waals surface area (Å²) in [5.41, 5.74) is 5.33. The number of nitrogens with two attached hydrogens (primary N) is 1.